The molecule has 0 aromatic heterocycles. The summed E-state index contributed by atoms with van der Waals surface area (Å²) in [5.41, 5.74) is 4.09. The quantitative estimate of drug-likeness (QED) is 0.842. The van der Waals surface area contributed by atoms with Crippen LogP contribution in [0, 0.1) is 0 Å². The lowest BCUT2D eigenvalue weighted by atomic mass is 10.1. The van der Waals surface area contributed by atoms with Crippen molar-refractivity contribution in [1.29, 1.82) is 0 Å². The molecule has 2 aromatic rings. The van der Waals surface area contributed by atoms with Gasteiger partial charge in [-0.25, -0.2) is 4.79 Å². The van der Waals surface area contributed by atoms with Gasteiger partial charge in [-0.1, -0.05) is 37.3 Å². The second-order valence-electron chi connectivity index (χ2n) is 4.55. The molecule has 0 atom stereocenters. The monoisotopic (exact) mass is 269 g/mol. The molecule has 0 saturated carbocycles. The van der Waals surface area contributed by atoms with Crippen LogP contribution in [-0.2, 0) is 17.7 Å². The normalized spacial score (nSPS) is 10.1. The number of anilines is 1. The summed E-state index contributed by atoms with van der Waals surface area (Å²) in [6.07, 6.45) is 1.01. The van der Waals surface area contributed by atoms with Crippen LogP contribution in [0.25, 0.3) is 0 Å². The molecule has 0 spiro atoms. The van der Waals surface area contributed by atoms with Crippen LogP contribution in [0.5, 0.6) is 0 Å². The number of aryl methyl sites for hydroxylation is 1. The molecule has 2 aromatic carbocycles. The molecule has 0 saturated heterocycles. The van der Waals surface area contributed by atoms with Crippen molar-refractivity contribution in [1.82, 2.24) is 0 Å². The van der Waals surface area contributed by atoms with Gasteiger partial charge in [-0.15, -0.1) is 0 Å². The van der Waals surface area contributed by atoms with Crippen LogP contribution in [0.15, 0.2) is 48.5 Å². The first-order valence-electron chi connectivity index (χ1n) is 6.73. The molecule has 20 heavy (non-hydrogen) atoms. The van der Waals surface area contributed by atoms with Crippen molar-refractivity contribution in [2.45, 2.75) is 19.9 Å². The van der Waals surface area contributed by atoms with Gasteiger partial charge in [0, 0.05) is 12.2 Å². The van der Waals surface area contributed by atoms with Crippen LogP contribution in [0.3, 0.4) is 0 Å². The number of carbonyl (C=O) groups is 1. The molecule has 0 unspecified atom stereocenters. The van der Waals surface area contributed by atoms with E-state index in [1.54, 1.807) is 12.1 Å². The predicted octanol–water partition coefficient (Wildman–Crippen LogP) is 3.65. The second-order valence-corrected chi connectivity index (χ2v) is 4.55. The molecule has 0 fully saturated rings. The Kier molecular flexibility index (Phi) is 4.77. The van der Waals surface area contributed by atoms with Gasteiger partial charge in [0.2, 0.25) is 0 Å². The maximum Gasteiger partial charge on any atom is 0.337 e. The Morgan fingerprint density at radius 3 is 2.55 bits per heavy atom. The van der Waals surface area contributed by atoms with E-state index in [2.05, 4.69) is 30.4 Å². The minimum atomic E-state index is -0.317. The molecule has 0 aliphatic rings. The zero-order valence-electron chi connectivity index (χ0n) is 11.8. The van der Waals surface area contributed by atoms with Crippen LogP contribution in [-0.4, -0.2) is 13.1 Å². The Labute approximate surface area is 119 Å². The summed E-state index contributed by atoms with van der Waals surface area (Å²) in [6.45, 7) is 2.89. The molecular formula is C17H19NO2. The number of benzene rings is 2. The number of carbonyl (C=O) groups excluding carboxylic acids is 1. The first kappa shape index (κ1) is 14.1. The summed E-state index contributed by atoms with van der Waals surface area (Å²) < 4.78 is 4.72. The number of rotatable bonds is 5. The van der Waals surface area contributed by atoms with Crippen molar-refractivity contribution >= 4 is 11.7 Å². The Morgan fingerprint density at radius 1 is 1.10 bits per heavy atom. The Bertz CT molecular complexity index is 593. The van der Waals surface area contributed by atoms with E-state index in [0.29, 0.717) is 5.56 Å². The molecule has 2 rings (SSSR count). The second kappa shape index (κ2) is 6.75. The standard InChI is InChI=1S/C17H19NO2/c1-3-13-7-4-5-8-15(13)12-18-16-10-6-9-14(11-16)17(19)20-2/h4-11,18H,3,12H2,1-2H3. The smallest absolute Gasteiger partial charge is 0.337 e. The van der Waals surface area contributed by atoms with E-state index in [0.717, 1.165) is 18.7 Å². The lowest BCUT2D eigenvalue weighted by Crippen LogP contribution is -2.05. The molecule has 0 radical (unpaired) electrons. The van der Waals surface area contributed by atoms with Gasteiger partial charge in [0.25, 0.3) is 0 Å². The summed E-state index contributed by atoms with van der Waals surface area (Å²) >= 11 is 0. The lowest BCUT2D eigenvalue weighted by molar-refractivity contribution is 0.0601. The van der Waals surface area contributed by atoms with Crippen molar-refractivity contribution < 1.29 is 9.53 Å². The summed E-state index contributed by atoms with van der Waals surface area (Å²) in [5.74, 6) is -0.317. The zero-order valence-corrected chi connectivity index (χ0v) is 11.8. The first-order valence-corrected chi connectivity index (χ1v) is 6.73. The largest absolute Gasteiger partial charge is 0.465 e. The fourth-order valence-corrected chi connectivity index (χ4v) is 2.15. The van der Waals surface area contributed by atoms with Gasteiger partial charge in [0.1, 0.15) is 0 Å². The lowest BCUT2D eigenvalue weighted by Gasteiger charge is -2.11. The number of hydrogen-bond acceptors (Lipinski definition) is 3. The van der Waals surface area contributed by atoms with Gasteiger partial charge in [0.05, 0.1) is 12.7 Å². The van der Waals surface area contributed by atoms with Crippen LogP contribution in [0.4, 0.5) is 5.69 Å². The van der Waals surface area contributed by atoms with Gasteiger partial charge >= 0.3 is 5.97 Å². The summed E-state index contributed by atoms with van der Waals surface area (Å²) in [7, 11) is 1.39. The van der Waals surface area contributed by atoms with E-state index in [1.807, 2.05) is 18.2 Å². The minimum absolute atomic E-state index is 0.317. The molecule has 3 nitrogen and oxygen atoms in total. The topological polar surface area (TPSA) is 38.3 Å². The third-order valence-electron chi connectivity index (χ3n) is 3.27. The maximum atomic E-state index is 11.5. The van der Waals surface area contributed by atoms with Crippen LogP contribution < -0.4 is 5.32 Å². The Balaban J connectivity index is 2.09. The molecule has 0 heterocycles. The highest BCUT2D eigenvalue weighted by atomic mass is 16.5. The third kappa shape index (κ3) is 3.38. The zero-order chi connectivity index (χ0) is 14.4. The highest BCUT2D eigenvalue weighted by Crippen LogP contribution is 2.15. The predicted molar refractivity (Wildman–Crippen MR) is 80.9 cm³/mol. The van der Waals surface area contributed by atoms with Crippen molar-refractivity contribution in [3.63, 3.8) is 0 Å². The van der Waals surface area contributed by atoms with E-state index >= 15 is 0 Å². The number of ether oxygens (including phenoxy) is 1. The van der Waals surface area contributed by atoms with E-state index in [9.17, 15) is 4.79 Å². The van der Waals surface area contributed by atoms with Crippen molar-refractivity contribution in [2.75, 3.05) is 12.4 Å². The fraction of sp³-hybridized carbons (Fsp3) is 0.235. The highest BCUT2D eigenvalue weighted by molar-refractivity contribution is 5.90. The highest BCUT2D eigenvalue weighted by Gasteiger charge is 2.05. The van der Waals surface area contributed by atoms with Gasteiger partial charge in [0.15, 0.2) is 0 Å². The molecular weight excluding hydrogens is 250 g/mol. The van der Waals surface area contributed by atoms with E-state index in [1.165, 1.54) is 18.2 Å². The van der Waals surface area contributed by atoms with E-state index < -0.39 is 0 Å². The SMILES string of the molecule is CCc1ccccc1CNc1cccc(C(=O)OC)c1. The Hall–Kier alpha value is -2.29. The van der Waals surface area contributed by atoms with E-state index in [-0.39, 0.29) is 5.97 Å². The van der Waals surface area contributed by atoms with Crippen molar-refractivity contribution in [3.05, 3.63) is 65.2 Å². The summed E-state index contributed by atoms with van der Waals surface area (Å²) in [6, 6.07) is 15.7. The molecule has 0 aliphatic carbocycles. The molecule has 3 heteroatoms. The number of esters is 1. The van der Waals surface area contributed by atoms with E-state index in [4.69, 9.17) is 4.74 Å². The van der Waals surface area contributed by atoms with Gasteiger partial charge in [-0.2, -0.15) is 0 Å². The first-order chi connectivity index (χ1) is 9.74. The van der Waals surface area contributed by atoms with Crippen molar-refractivity contribution in [3.8, 4) is 0 Å². The number of hydrogen-bond donors (Lipinski definition) is 1. The van der Waals surface area contributed by atoms with Gasteiger partial charge in [-0.05, 0) is 35.7 Å². The molecule has 0 amide bonds. The number of methoxy groups -OCH3 is 1. The average Bonchev–Trinajstić information content (AvgIpc) is 2.52. The van der Waals surface area contributed by atoms with Crippen LogP contribution in [0.1, 0.15) is 28.4 Å². The summed E-state index contributed by atoms with van der Waals surface area (Å²) in [5, 5.41) is 3.35. The van der Waals surface area contributed by atoms with Crippen molar-refractivity contribution in [2.24, 2.45) is 0 Å². The summed E-state index contributed by atoms with van der Waals surface area (Å²) in [4.78, 5) is 11.5. The van der Waals surface area contributed by atoms with Gasteiger partial charge in [-0.3, -0.25) is 0 Å². The van der Waals surface area contributed by atoms with Crippen LogP contribution >= 0.6 is 0 Å². The molecule has 1 N–H and O–H groups in total. The van der Waals surface area contributed by atoms with Crippen LogP contribution in [0.2, 0.25) is 0 Å². The maximum absolute atomic E-state index is 11.5. The average molecular weight is 269 g/mol. The molecule has 104 valence electrons. The Morgan fingerprint density at radius 2 is 1.85 bits per heavy atom. The minimum Gasteiger partial charge on any atom is -0.465 e. The fourth-order valence-electron chi connectivity index (χ4n) is 2.15. The molecule has 0 bridgehead atoms. The third-order valence-corrected chi connectivity index (χ3v) is 3.27. The molecule has 0 aliphatic heterocycles. The number of nitrogens with one attached hydrogen (secondary N) is 1. The van der Waals surface area contributed by atoms with Gasteiger partial charge < -0.3 is 10.1 Å².